The van der Waals surface area contributed by atoms with Gasteiger partial charge >= 0.3 is 0 Å². The maximum absolute atomic E-state index is 4.60. The molecule has 0 saturated carbocycles. The van der Waals surface area contributed by atoms with Crippen LogP contribution in [0.25, 0.3) is 22.3 Å². The second-order valence-corrected chi connectivity index (χ2v) is 4.07. The Hall–Kier alpha value is -2.22. The van der Waals surface area contributed by atoms with E-state index in [4.69, 9.17) is 0 Å². The van der Waals surface area contributed by atoms with Gasteiger partial charge in [0.1, 0.15) is 0 Å². The van der Waals surface area contributed by atoms with Gasteiger partial charge in [0.15, 0.2) is 5.82 Å². The van der Waals surface area contributed by atoms with Gasteiger partial charge < -0.3 is 0 Å². The molecule has 0 N–H and O–H groups in total. The minimum Gasteiger partial charge on any atom is -0.236 e. The van der Waals surface area contributed by atoms with Crippen LogP contribution in [-0.2, 0) is 0 Å². The molecule has 0 aliphatic heterocycles. The van der Waals surface area contributed by atoms with E-state index in [1.54, 1.807) is 0 Å². The number of para-hydroxylation sites is 1. The third-order valence-corrected chi connectivity index (χ3v) is 2.87. The van der Waals surface area contributed by atoms with E-state index in [0.717, 1.165) is 22.3 Å². The van der Waals surface area contributed by atoms with Crippen LogP contribution in [0.1, 0.15) is 5.56 Å². The molecule has 1 heterocycles. The van der Waals surface area contributed by atoms with Gasteiger partial charge in [-0.25, -0.2) is 9.97 Å². The Morgan fingerprint density at radius 1 is 0.882 bits per heavy atom. The highest BCUT2D eigenvalue weighted by atomic mass is 14.9. The first-order valence-electron chi connectivity index (χ1n) is 5.62. The van der Waals surface area contributed by atoms with Crippen molar-refractivity contribution >= 4 is 10.9 Å². The second-order valence-electron chi connectivity index (χ2n) is 4.07. The molecule has 0 amide bonds. The molecule has 0 spiro atoms. The van der Waals surface area contributed by atoms with Crippen molar-refractivity contribution in [3.63, 3.8) is 0 Å². The summed E-state index contributed by atoms with van der Waals surface area (Å²) in [4.78, 5) is 9.02. The molecule has 3 aromatic rings. The van der Waals surface area contributed by atoms with Gasteiger partial charge in [0, 0.05) is 17.1 Å². The highest BCUT2D eigenvalue weighted by Gasteiger charge is 2.04. The number of aryl methyl sites for hydroxylation is 1. The van der Waals surface area contributed by atoms with Crippen molar-refractivity contribution in [3.05, 3.63) is 60.3 Å². The van der Waals surface area contributed by atoms with E-state index < -0.39 is 0 Å². The van der Waals surface area contributed by atoms with Crippen LogP contribution < -0.4 is 0 Å². The van der Waals surface area contributed by atoms with Gasteiger partial charge in [-0.05, 0) is 18.6 Å². The second kappa shape index (κ2) is 3.98. The predicted molar refractivity (Wildman–Crippen MR) is 69.7 cm³/mol. The highest BCUT2D eigenvalue weighted by Crippen LogP contribution is 2.21. The molecule has 0 fully saturated rings. The maximum Gasteiger partial charge on any atom is 0.160 e. The molecule has 0 unspecified atom stereocenters. The highest BCUT2D eigenvalue weighted by molar-refractivity contribution is 5.79. The van der Waals surface area contributed by atoms with Gasteiger partial charge in [-0.1, -0.05) is 42.5 Å². The topological polar surface area (TPSA) is 25.8 Å². The van der Waals surface area contributed by atoms with E-state index in [9.17, 15) is 0 Å². The zero-order chi connectivity index (χ0) is 11.7. The monoisotopic (exact) mass is 220 g/mol. The van der Waals surface area contributed by atoms with Crippen LogP contribution in [-0.4, -0.2) is 9.97 Å². The van der Waals surface area contributed by atoms with Gasteiger partial charge in [0.05, 0.1) is 5.52 Å². The third-order valence-electron chi connectivity index (χ3n) is 2.87. The average molecular weight is 220 g/mol. The first-order chi connectivity index (χ1) is 8.34. The quantitative estimate of drug-likeness (QED) is 0.626. The van der Waals surface area contributed by atoms with Crippen molar-refractivity contribution in [3.8, 4) is 11.4 Å². The van der Waals surface area contributed by atoms with Crippen molar-refractivity contribution in [2.75, 3.05) is 0 Å². The van der Waals surface area contributed by atoms with Gasteiger partial charge in [0.25, 0.3) is 0 Å². The molecule has 0 bridgehead atoms. The largest absolute Gasteiger partial charge is 0.236 e. The summed E-state index contributed by atoms with van der Waals surface area (Å²) in [7, 11) is 0. The SMILES string of the molecule is Cc1ccccc1-c1ncc2ccccc2n1. The molecule has 2 aromatic carbocycles. The number of nitrogens with zero attached hydrogens (tertiary/aromatic N) is 2. The van der Waals surface area contributed by atoms with Gasteiger partial charge in [-0.2, -0.15) is 0 Å². The number of benzene rings is 2. The van der Waals surface area contributed by atoms with E-state index in [1.165, 1.54) is 5.56 Å². The molecule has 0 saturated heterocycles. The molecule has 0 radical (unpaired) electrons. The van der Waals surface area contributed by atoms with E-state index in [2.05, 4.69) is 29.0 Å². The molecule has 82 valence electrons. The molecule has 0 atom stereocenters. The Kier molecular flexibility index (Phi) is 2.33. The summed E-state index contributed by atoms with van der Waals surface area (Å²) in [6, 6.07) is 16.2. The maximum atomic E-state index is 4.60. The normalized spacial score (nSPS) is 10.6. The van der Waals surface area contributed by atoms with Gasteiger partial charge in [-0.3, -0.25) is 0 Å². The number of hydrogen-bond acceptors (Lipinski definition) is 2. The Bertz CT molecular complexity index is 674. The van der Waals surface area contributed by atoms with E-state index in [0.29, 0.717) is 0 Å². The smallest absolute Gasteiger partial charge is 0.160 e. The van der Waals surface area contributed by atoms with E-state index in [1.807, 2.05) is 42.6 Å². The predicted octanol–water partition coefficient (Wildman–Crippen LogP) is 3.61. The van der Waals surface area contributed by atoms with Gasteiger partial charge in [-0.15, -0.1) is 0 Å². The molecule has 0 aliphatic rings. The van der Waals surface area contributed by atoms with Crippen LogP contribution >= 0.6 is 0 Å². The first kappa shape index (κ1) is 9.97. The summed E-state index contributed by atoms with van der Waals surface area (Å²) in [5, 5.41) is 1.07. The van der Waals surface area contributed by atoms with Crippen molar-refractivity contribution in [2.24, 2.45) is 0 Å². The van der Waals surface area contributed by atoms with Crippen molar-refractivity contribution in [2.45, 2.75) is 6.92 Å². The summed E-state index contributed by atoms with van der Waals surface area (Å²) in [6.45, 7) is 2.08. The van der Waals surface area contributed by atoms with Crippen molar-refractivity contribution in [1.82, 2.24) is 9.97 Å². The van der Waals surface area contributed by atoms with E-state index >= 15 is 0 Å². The zero-order valence-corrected chi connectivity index (χ0v) is 9.59. The van der Waals surface area contributed by atoms with Crippen molar-refractivity contribution in [1.29, 1.82) is 0 Å². The fourth-order valence-electron chi connectivity index (χ4n) is 1.93. The van der Waals surface area contributed by atoms with Crippen molar-refractivity contribution < 1.29 is 0 Å². The molecule has 2 nitrogen and oxygen atoms in total. The molecule has 3 rings (SSSR count). The van der Waals surface area contributed by atoms with Crippen LogP contribution in [0.2, 0.25) is 0 Å². The Labute approximate surface area is 100.0 Å². The van der Waals surface area contributed by atoms with Crippen LogP contribution in [0.5, 0.6) is 0 Å². The lowest BCUT2D eigenvalue weighted by Gasteiger charge is -2.04. The number of rotatable bonds is 1. The van der Waals surface area contributed by atoms with Gasteiger partial charge in [0.2, 0.25) is 0 Å². The third kappa shape index (κ3) is 1.78. The fraction of sp³-hybridized carbons (Fsp3) is 0.0667. The Morgan fingerprint density at radius 3 is 2.53 bits per heavy atom. The number of hydrogen-bond donors (Lipinski definition) is 0. The summed E-state index contributed by atoms with van der Waals surface area (Å²) >= 11 is 0. The summed E-state index contributed by atoms with van der Waals surface area (Å²) in [5.41, 5.74) is 3.28. The molecular weight excluding hydrogens is 208 g/mol. The summed E-state index contributed by atoms with van der Waals surface area (Å²) in [6.07, 6.45) is 1.88. The van der Waals surface area contributed by atoms with Crippen LogP contribution in [0, 0.1) is 6.92 Å². The molecule has 2 heteroatoms. The average Bonchev–Trinajstić information content (AvgIpc) is 2.39. The Morgan fingerprint density at radius 2 is 1.65 bits per heavy atom. The fourth-order valence-corrected chi connectivity index (χ4v) is 1.93. The summed E-state index contributed by atoms with van der Waals surface area (Å²) in [5.74, 6) is 0.793. The standard InChI is InChI=1S/C15H12N2/c1-11-6-2-4-8-13(11)15-16-10-12-7-3-5-9-14(12)17-15/h2-10H,1H3. The lowest BCUT2D eigenvalue weighted by atomic mass is 10.1. The minimum absolute atomic E-state index is 0.793. The molecular formula is C15H12N2. The van der Waals surface area contributed by atoms with Crippen LogP contribution in [0.15, 0.2) is 54.7 Å². The first-order valence-corrected chi connectivity index (χ1v) is 5.62. The Balaban J connectivity index is 2.22. The van der Waals surface area contributed by atoms with Crippen LogP contribution in [0.4, 0.5) is 0 Å². The number of aromatic nitrogens is 2. The lowest BCUT2D eigenvalue weighted by molar-refractivity contribution is 1.21. The lowest BCUT2D eigenvalue weighted by Crippen LogP contribution is -1.91. The molecule has 1 aromatic heterocycles. The molecule has 0 aliphatic carbocycles. The minimum atomic E-state index is 0.793. The number of fused-ring (bicyclic) bond motifs is 1. The summed E-state index contributed by atoms with van der Waals surface area (Å²) < 4.78 is 0. The van der Waals surface area contributed by atoms with Crippen LogP contribution in [0.3, 0.4) is 0 Å². The zero-order valence-electron chi connectivity index (χ0n) is 9.59. The van der Waals surface area contributed by atoms with E-state index in [-0.39, 0.29) is 0 Å². The molecule has 17 heavy (non-hydrogen) atoms.